The van der Waals surface area contributed by atoms with Gasteiger partial charge in [0.05, 0.1) is 20.6 Å². The molecule has 0 atom stereocenters. The highest BCUT2D eigenvalue weighted by molar-refractivity contribution is 7.18. The van der Waals surface area contributed by atoms with Gasteiger partial charge in [-0.2, -0.15) is 0 Å². The van der Waals surface area contributed by atoms with E-state index < -0.39 is 23.0 Å². The van der Waals surface area contributed by atoms with Crippen molar-refractivity contribution >= 4 is 38.3 Å². The summed E-state index contributed by atoms with van der Waals surface area (Å²) < 4.78 is 6.79. The van der Waals surface area contributed by atoms with Crippen molar-refractivity contribution in [3.8, 4) is 17.2 Å². The summed E-state index contributed by atoms with van der Waals surface area (Å²) in [5, 5.41) is 20.3. The lowest BCUT2D eigenvalue weighted by Crippen LogP contribution is -2.13. The Morgan fingerprint density at radius 2 is 1.88 bits per heavy atom. The molecule has 3 N–H and O–H groups in total. The van der Waals surface area contributed by atoms with Gasteiger partial charge in [0.25, 0.3) is 5.56 Å². The number of hydrogen-bond donors (Lipinski definition) is 3. The maximum Gasteiger partial charge on any atom is 0.356 e. The van der Waals surface area contributed by atoms with E-state index in [0.29, 0.717) is 11.5 Å². The van der Waals surface area contributed by atoms with E-state index in [4.69, 9.17) is 9.84 Å². The number of benzene rings is 2. The number of carboxylic acid groups (broad SMARTS) is 1. The lowest BCUT2D eigenvalue weighted by Gasteiger charge is -2.08. The van der Waals surface area contributed by atoms with Crippen molar-refractivity contribution in [2.24, 2.45) is 0 Å². The van der Waals surface area contributed by atoms with Crippen molar-refractivity contribution in [2.75, 3.05) is 0 Å². The molecular weight excluding hydrogens is 356 g/mol. The molecule has 0 aliphatic rings. The molecule has 0 saturated carbocycles. The molecule has 2 aromatic carbocycles. The first-order valence-electron chi connectivity index (χ1n) is 7.60. The molecule has 0 amide bonds. The fourth-order valence-corrected chi connectivity index (χ4v) is 3.59. The van der Waals surface area contributed by atoms with E-state index in [1.165, 1.54) is 12.1 Å². The molecule has 26 heavy (non-hydrogen) atoms. The van der Waals surface area contributed by atoms with Crippen LogP contribution in [-0.2, 0) is 0 Å². The summed E-state index contributed by atoms with van der Waals surface area (Å²) in [5.41, 5.74) is -0.266. The zero-order chi connectivity index (χ0) is 18.4. The standard InChI is InChI=1S/C18H12N2O5S/c1-8-19-13-5-3-10(7-14(13)26-8)25-9-2-4-11-12(6-9)17(22)20-15(16(11)21)18(23)24/h2-7,21H,1H3,(H,20,22)(H,23,24). The number of carboxylic acids is 1. The molecule has 4 aromatic rings. The zero-order valence-electron chi connectivity index (χ0n) is 13.4. The third-order valence-electron chi connectivity index (χ3n) is 3.88. The van der Waals surface area contributed by atoms with Gasteiger partial charge in [0.1, 0.15) is 11.5 Å². The van der Waals surface area contributed by atoms with Crippen LogP contribution in [0.25, 0.3) is 21.0 Å². The number of aromatic amines is 1. The number of aromatic nitrogens is 2. The number of hydrogen-bond acceptors (Lipinski definition) is 6. The van der Waals surface area contributed by atoms with Crippen molar-refractivity contribution in [1.82, 2.24) is 9.97 Å². The average Bonchev–Trinajstić information content (AvgIpc) is 2.97. The number of aryl methyl sites for hydroxylation is 1. The lowest BCUT2D eigenvalue weighted by molar-refractivity contribution is 0.0687. The number of pyridine rings is 1. The molecule has 0 spiro atoms. The van der Waals surface area contributed by atoms with E-state index in [9.17, 15) is 14.7 Å². The highest BCUT2D eigenvalue weighted by Gasteiger charge is 2.16. The Hall–Kier alpha value is -3.39. The summed E-state index contributed by atoms with van der Waals surface area (Å²) in [4.78, 5) is 29.8. The molecule has 0 unspecified atom stereocenters. The normalized spacial score (nSPS) is 11.1. The Kier molecular flexibility index (Phi) is 3.62. The number of fused-ring (bicyclic) bond motifs is 2. The number of carbonyl (C=O) groups is 1. The van der Waals surface area contributed by atoms with Crippen LogP contribution in [-0.4, -0.2) is 26.2 Å². The number of aromatic hydroxyl groups is 1. The third kappa shape index (κ3) is 2.66. The number of ether oxygens (including phenoxy) is 1. The SMILES string of the molecule is Cc1nc2ccc(Oc3ccc4c(O)c(C(=O)O)[nH]c(=O)c4c3)cc2s1. The Balaban J connectivity index is 1.77. The van der Waals surface area contributed by atoms with Gasteiger partial charge in [-0.3, -0.25) is 4.79 Å². The van der Waals surface area contributed by atoms with Gasteiger partial charge in [-0.15, -0.1) is 11.3 Å². The Labute approximate surface area is 150 Å². The summed E-state index contributed by atoms with van der Waals surface area (Å²) in [6.07, 6.45) is 0. The predicted molar refractivity (Wildman–Crippen MR) is 97.6 cm³/mol. The highest BCUT2D eigenvalue weighted by Crippen LogP contribution is 2.32. The van der Waals surface area contributed by atoms with Gasteiger partial charge < -0.3 is 19.9 Å². The molecule has 8 heteroatoms. The molecule has 0 saturated heterocycles. The van der Waals surface area contributed by atoms with Gasteiger partial charge in [0, 0.05) is 11.5 Å². The van der Waals surface area contributed by atoms with E-state index in [2.05, 4.69) is 9.97 Å². The van der Waals surface area contributed by atoms with Crippen LogP contribution in [0.5, 0.6) is 17.2 Å². The van der Waals surface area contributed by atoms with E-state index in [-0.39, 0.29) is 10.8 Å². The van der Waals surface area contributed by atoms with Gasteiger partial charge in [0.2, 0.25) is 0 Å². The first-order valence-corrected chi connectivity index (χ1v) is 8.41. The topological polar surface area (TPSA) is 113 Å². The smallest absolute Gasteiger partial charge is 0.356 e. The zero-order valence-corrected chi connectivity index (χ0v) is 14.3. The summed E-state index contributed by atoms with van der Waals surface area (Å²) >= 11 is 1.55. The quantitative estimate of drug-likeness (QED) is 0.509. The first-order chi connectivity index (χ1) is 12.4. The molecule has 0 aliphatic heterocycles. The number of nitrogens with one attached hydrogen (secondary N) is 1. The highest BCUT2D eigenvalue weighted by atomic mass is 32.1. The lowest BCUT2D eigenvalue weighted by atomic mass is 10.1. The maximum absolute atomic E-state index is 12.1. The molecule has 7 nitrogen and oxygen atoms in total. The largest absolute Gasteiger partial charge is 0.505 e. The second-order valence-electron chi connectivity index (χ2n) is 5.65. The van der Waals surface area contributed by atoms with Crippen LogP contribution in [0.4, 0.5) is 0 Å². The fraction of sp³-hybridized carbons (Fsp3) is 0.0556. The van der Waals surface area contributed by atoms with E-state index in [1.54, 1.807) is 23.5 Å². The number of thiazole rings is 1. The van der Waals surface area contributed by atoms with Gasteiger partial charge in [-0.1, -0.05) is 0 Å². The van der Waals surface area contributed by atoms with Crippen molar-refractivity contribution < 1.29 is 19.7 Å². The number of H-pyrrole nitrogens is 1. The van der Waals surface area contributed by atoms with Crippen LogP contribution in [0, 0.1) is 6.92 Å². The monoisotopic (exact) mass is 368 g/mol. The Morgan fingerprint density at radius 3 is 2.65 bits per heavy atom. The minimum absolute atomic E-state index is 0.139. The number of aromatic carboxylic acids is 1. The molecule has 130 valence electrons. The van der Waals surface area contributed by atoms with Crippen LogP contribution < -0.4 is 10.3 Å². The molecule has 2 aromatic heterocycles. The van der Waals surface area contributed by atoms with Crippen molar-refractivity contribution in [2.45, 2.75) is 6.92 Å². The van der Waals surface area contributed by atoms with Crippen LogP contribution >= 0.6 is 11.3 Å². The third-order valence-corrected chi connectivity index (χ3v) is 4.82. The van der Waals surface area contributed by atoms with Crippen LogP contribution in [0.1, 0.15) is 15.5 Å². The first kappa shape index (κ1) is 16.1. The number of rotatable bonds is 3. The second-order valence-corrected chi connectivity index (χ2v) is 6.89. The predicted octanol–water partition coefficient (Wildman–Crippen LogP) is 3.64. The van der Waals surface area contributed by atoms with E-state index in [1.807, 2.05) is 19.1 Å². The molecular formula is C18H12N2O5S. The van der Waals surface area contributed by atoms with Crippen LogP contribution in [0.3, 0.4) is 0 Å². The van der Waals surface area contributed by atoms with Gasteiger partial charge in [-0.25, -0.2) is 9.78 Å². The summed E-state index contributed by atoms with van der Waals surface area (Å²) in [7, 11) is 0. The van der Waals surface area contributed by atoms with E-state index in [0.717, 1.165) is 15.2 Å². The second kappa shape index (κ2) is 5.85. The Bertz CT molecular complexity index is 1240. The van der Waals surface area contributed by atoms with Crippen LogP contribution in [0.15, 0.2) is 41.2 Å². The molecule has 0 bridgehead atoms. The summed E-state index contributed by atoms with van der Waals surface area (Å²) in [6.45, 7) is 1.93. The van der Waals surface area contributed by atoms with Crippen molar-refractivity contribution in [3.63, 3.8) is 0 Å². The van der Waals surface area contributed by atoms with Crippen LogP contribution in [0.2, 0.25) is 0 Å². The van der Waals surface area contributed by atoms with Gasteiger partial charge >= 0.3 is 5.97 Å². The fourth-order valence-electron chi connectivity index (χ4n) is 2.73. The summed E-state index contributed by atoms with van der Waals surface area (Å²) in [6, 6.07) is 9.97. The molecule has 4 rings (SSSR count). The maximum atomic E-state index is 12.1. The van der Waals surface area contributed by atoms with Gasteiger partial charge in [0.15, 0.2) is 11.4 Å². The minimum atomic E-state index is -1.41. The number of nitrogens with zero attached hydrogens (tertiary/aromatic N) is 1. The molecule has 0 radical (unpaired) electrons. The molecule has 0 aliphatic carbocycles. The Morgan fingerprint density at radius 1 is 1.15 bits per heavy atom. The van der Waals surface area contributed by atoms with E-state index >= 15 is 0 Å². The summed E-state index contributed by atoms with van der Waals surface area (Å²) in [5.74, 6) is -0.912. The van der Waals surface area contributed by atoms with Crippen molar-refractivity contribution in [1.29, 1.82) is 0 Å². The van der Waals surface area contributed by atoms with Crippen molar-refractivity contribution in [3.05, 3.63) is 57.5 Å². The minimum Gasteiger partial charge on any atom is -0.505 e. The van der Waals surface area contributed by atoms with Gasteiger partial charge in [-0.05, 0) is 37.3 Å². The molecule has 2 heterocycles. The molecule has 0 fully saturated rings. The average molecular weight is 368 g/mol.